The maximum atomic E-state index is 13.7. The largest absolute Gasteiger partial charge is 0.362 e. The van der Waals surface area contributed by atoms with Crippen LogP contribution in [0, 0.1) is 10.1 Å². The first kappa shape index (κ1) is 34.8. The van der Waals surface area contributed by atoms with E-state index in [9.17, 15) is 19.7 Å². The van der Waals surface area contributed by atoms with Gasteiger partial charge in [-0.2, -0.15) is 0 Å². The maximum absolute atomic E-state index is 13.7. The fourth-order valence-corrected chi connectivity index (χ4v) is 7.33. The molecule has 0 bridgehead atoms. The van der Waals surface area contributed by atoms with Gasteiger partial charge in [0.25, 0.3) is 5.69 Å². The lowest BCUT2D eigenvalue weighted by Crippen LogP contribution is -2.43. The molecule has 8 heteroatoms. The van der Waals surface area contributed by atoms with Gasteiger partial charge in [-0.1, -0.05) is 79.2 Å². The highest BCUT2D eigenvalue weighted by Gasteiger charge is 2.38. The van der Waals surface area contributed by atoms with Gasteiger partial charge in [-0.15, -0.1) is 12.4 Å². The van der Waals surface area contributed by atoms with Gasteiger partial charge in [0.15, 0.2) is 11.6 Å². The Kier molecular flexibility index (Phi) is 11.7. The number of carbonyl (C=O) groups excluding carboxylic acids is 2. The highest BCUT2D eigenvalue weighted by atomic mass is 35.5. The number of hydrogen-bond acceptors (Lipinski definition) is 6. The molecule has 5 rings (SSSR count). The zero-order valence-electron chi connectivity index (χ0n) is 27.0. The average molecular weight is 642 g/mol. The van der Waals surface area contributed by atoms with Crippen LogP contribution in [-0.4, -0.2) is 41.0 Å². The second-order valence-corrected chi connectivity index (χ2v) is 12.4. The second kappa shape index (κ2) is 15.5. The standard InChI is InChI=1S/C38H43N3O4.ClH/c1-27-35(29(3)42)37(30-14-13-19-33(26-30)41(44)45)36(28(2)39-27)34(43)20-11-6-12-23-40-24-21-38(22-25-40,31-15-7-4-8-16-31)32-17-9-5-10-18-32;/h4-5,7-10,13-19,26,37,39H,6,11-12,20-25H2,1-3H3;1H. The molecule has 0 aliphatic carbocycles. The highest BCUT2D eigenvalue weighted by Crippen LogP contribution is 2.42. The molecule has 2 aliphatic rings. The number of unbranched alkanes of at least 4 members (excludes halogenated alkanes) is 2. The van der Waals surface area contributed by atoms with Crippen LogP contribution in [0.1, 0.15) is 81.9 Å². The molecule has 2 heterocycles. The summed E-state index contributed by atoms with van der Waals surface area (Å²) in [5.74, 6) is -0.797. The number of benzene rings is 3. The first-order chi connectivity index (χ1) is 21.7. The Bertz CT molecular complexity index is 1570. The molecule has 46 heavy (non-hydrogen) atoms. The first-order valence-corrected chi connectivity index (χ1v) is 16.0. The van der Waals surface area contributed by atoms with E-state index in [1.54, 1.807) is 12.1 Å². The summed E-state index contributed by atoms with van der Waals surface area (Å²) in [6.45, 7) is 8.22. The number of ketones is 2. The lowest BCUT2D eigenvalue weighted by molar-refractivity contribution is -0.384. The summed E-state index contributed by atoms with van der Waals surface area (Å²) >= 11 is 0. The van der Waals surface area contributed by atoms with Gasteiger partial charge in [0, 0.05) is 52.4 Å². The van der Waals surface area contributed by atoms with Crippen molar-refractivity contribution in [2.24, 2.45) is 0 Å². The number of Topliss-reactive ketones (excluding diaryl/α,β-unsaturated/α-hetero) is 2. The minimum atomic E-state index is -0.626. The van der Waals surface area contributed by atoms with Gasteiger partial charge in [0.2, 0.25) is 0 Å². The van der Waals surface area contributed by atoms with Crippen molar-refractivity contribution < 1.29 is 14.5 Å². The summed E-state index contributed by atoms with van der Waals surface area (Å²) in [6, 6.07) is 28.1. The minimum absolute atomic E-state index is 0. The van der Waals surface area contributed by atoms with Crippen LogP contribution >= 0.6 is 12.4 Å². The van der Waals surface area contributed by atoms with E-state index < -0.39 is 10.8 Å². The van der Waals surface area contributed by atoms with Gasteiger partial charge in [-0.3, -0.25) is 19.7 Å². The highest BCUT2D eigenvalue weighted by molar-refractivity contribution is 6.04. The Morgan fingerprint density at radius 2 is 1.43 bits per heavy atom. The van der Waals surface area contributed by atoms with Crippen molar-refractivity contribution in [1.29, 1.82) is 0 Å². The van der Waals surface area contributed by atoms with E-state index >= 15 is 0 Å². The molecule has 1 N–H and O–H groups in total. The number of rotatable bonds is 12. The van der Waals surface area contributed by atoms with Crippen LogP contribution in [0.15, 0.2) is 107 Å². The predicted molar refractivity (Wildman–Crippen MR) is 185 cm³/mol. The Labute approximate surface area is 278 Å². The van der Waals surface area contributed by atoms with Crippen molar-refractivity contribution in [2.75, 3.05) is 19.6 Å². The molecule has 1 fully saturated rings. The Morgan fingerprint density at radius 1 is 0.848 bits per heavy atom. The van der Waals surface area contributed by atoms with E-state index in [0.717, 1.165) is 51.7 Å². The number of nitro groups is 1. The van der Waals surface area contributed by atoms with Gasteiger partial charge >= 0.3 is 0 Å². The monoisotopic (exact) mass is 641 g/mol. The lowest BCUT2D eigenvalue weighted by Gasteiger charge is -2.43. The lowest BCUT2D eigenvalue weighted by atomic mass is 9.68. The summed E-state index contributed by atoms with van der Waals surface area (Å²) in [7, 11) is 0. The normalized spacial score (nSPS) is 18.0. The summed E-state index contributed by atoms with van der Waals surface area (Å²) < 4.78 is 0. The first-order valence-electron chi connectivity index (χ1n) is 16.0. The molecule has 1 saturated heterocycles. The minimum Gasteiger partial charge on any atom is -0.362 e. The van der Waals surface area contributed by atoms with Gasteiger partial charge in [-0.25, -0.2) is 0 Å². The third-order valence-corrected chi connectivity index (χ3v) is 9.59. The molecular weight excluding hydrogens is 598 g/mol. The van der Waals surface area contributed by atoms with Crippen LogP contribution < -0.4 is 5.32 Å². The van der Waals surface area contributed by atoms with Gasteiger partial charge in [-0.05, 0) is 82.8 Å². The van der Waals surface area contributed by atoms with Crippen molar-refractivity contribution in [3.63, 3.8) is 0 Å². The van der Waals surface area contributed by atoms with Crippen LogP contribution in [0.5, 0.6) is 0 Å². The number of dihydropyridines is 1. The number of carbonyl (C=O) groups is 2. The molecule has 1 atom stereocenters. The summed E-state index contributed by atoms with van der Waals surface area (Å²) in [6.07, 6.45) is 5.21. The topological polar surface area (TPSA) is 92.6 Å². The third kappa shape index (κ3) is 7.48. The molecule has 0 amide bonds. The number of nitrogens with zero attached hydrogens (tertiary/aromatic N) is 2. The summed E-state index contributed by atoms with van der Waals surface area (Å²) in [5.41, 5.74) is 5.73. The van der Waals surface area contributed by atoms with Crippen molar-refractivity contribution in [3.05, 3.63) is 134 Å². The van der Waals surface area contributed by atoms with E-state index in [1.807, 2.05) is 13.8 Å². The van der Waals surface area contributed by atoms with Crippen molar-refractivity contribution >= 4 is 29.7 Å². The van der Waals surface area contributed by atoms with Crippen LogP contribution in [0.25, 0.3) is 0 Å². The summed E-state index contributed by atoms with van der Waals surface area (Å²) in [5, 5.41) is 14.7. The number of halogens is 1. The van der Waals surface area contributed by atoms with Crippen molar-refractivity contribution in [2.45, 2.75) is 70.6 Å². The fraction of sp³-hybridized carbons (Fsp3) is 0.368. The molecule has 0 radical (unpaired) electrons. The number of piperidine rings is 1. The van der Waals surface area contributed by atoms with Gasteiger partial charge in [0.1, 0.15) is 0 Å². The Balaban J connectivity index is 0.00000480. The average Bonchev–Trinajstić information content (AvgIpc) is 3.05. The maximum Gasteiger partial charge on any atom is 0.269 e. The third-order valence-electron chi connectivity index (χ3n) is 9.59. The molecule has 0 aromatic heterocycles. The van der Waals surface area contributed by atoms with E-state index in [0.29, 0.717) is 34.5 Å². The number of nitro benzene ring substituents is 1. The fourth-order valence-electron chi connectivity index (χ4n) is 7.33. The number of likely N-dealkylation sites (tertiary alicyclic amines) is 1. The second-order valence-electron chi connectivity index (χ2n) is 12.4. The van der Waals surface area contributed by atoms with E-state index in [2.05, 4.69) is 70.9 Å². The Hall–Kier alpha value is -4.07. The Morgan fingerprint density at radius 3 is 2.00 bits per heavy atom. The summed E-state index contributed by atoms with van der Waals surface area (Å²) in [4.78, 5) is 40.1. The van der Waals surface area contributed by atoms with E-state index in [-0.39, 0.29) is 35.1 Å². The van der Waals surface area contributed by atoms with Crippen LogP contribution in [-0.2, 0) is 15.0 Å². The molecule has 2 aliphatic heterocycles. The van der Waals surface area contributed by atoms with E-state index in [4.69, 9.17) is 0 Å². The van der Waals surface area contributed by atoms with Crippen molar-refractivity contribution in [3.8, 4) is 0 Å². The molecule has 3 aromatic rings. The molecule has 7 nitrogen and oxygen atoms in total. The SMILES string of the molecule is CC(=O)C1=C(C)NC(C)=C(C(=O)CCCCCN2CCC(c3ccccc3)(c3ccccc3)CC2)C1c1cccc([N+](=O)[O-])c1.Cl. The predicted octanol–water partition coefficient (Wildman–Crippen LogP) is 8.05. The number of hydrogen-bond donors (Lipinski definition) is 1. The quantitative estimate of drug-likeness (QED) is 0.122. The molecule has 242 valence electrons. The van der Waals surface area contributed by atoms with Crippen LogP contribution in [0.2, 0.25) is 0 Å². The van der Waals surface area contributed by atoms with Crippen LogP contribution in [0.4, 0.5) is 5.69 Å². The number of allylic oxidation sites excluding steroid dienone is 4. The smallest absolute Gasteiger partial charge is 0.269 e. The van der Waals surface area contributed by atoms with Crippen molar-refractivity contribution in [1.82, 2.24) is 10.2 Å². The zero-order valence-corrected chi connectivity index (χ0v) is 27.8. The van der Waals surface area contributed by atoms with E-state index in [1.165, 1.54) is 30.2 Å². The number of nitrogens with one attached hydrogen (secondary N) is 1. The molecule has 0 saturated carbocycles. The molecule has 0 spiro atoms. The molecule has 3 aromatic carbocycles. The van der Waals surface area contributed by atoms with Gasteiger partial charge < -0.3 is 10.2 Å². The van der Waals surface area contributed by atoms with Crippen LogP contribution in [0.3, 0.4) is 0 Å². The molecule has 1 unspecified atom stereocenters. The number of non-ortho nitro benzene ring substituents is 1. The van der Waals surface area contributed by atoms with Gasteiger partial charge in [0.05, 0.1) is 4.92 Å². The zero-order chi connectivity index (χ0) is 32.0. The molecular formula is C38H44ClN3O4.